The van der Waals surface area contributed by atoms with Crippen LogP contribution in [0.15, 0.2) is 0 Å². The molecule has 0 aliphatic carbocycles. The normalized spacial score (nSPS) is 16.2. The third-order valence-corrected chi connectivity index (χ3v) is 1.83. The van der Waals surface area contributed by atoms with Gasteiger partial charge < -0.3 is 0 Å². The minimum Gasteiger partial charge on any atom is -0.271 e. The lowest BCUT2D eigenvalue weighted by Gasteiger charge is -2.06. The fourth-order valence-electron chi connectivity index (χ4n) is 0.913. The molecule has 0 unspecified atom stereocenters. The number of hydrogen-bond acceptors (Lipinski definition) is 5. The summed E-state index contributed by atoms with van der Waals surface area (Å²) in [7, 11) is 0. The third kappa shape index (κ3) is 1.68. The van der Waals surface area contributed by atoms with Crippen LogP contribution >= 0.6 is 0 Å². The van der Waals surface area contributed by atoms with Crippen molar-refractivity contribution in [2.45, 2.75) is 12.8 Å². The van der Waals surface area contributed by atoms with Gasteiger partial charge in [0.2, 0.25) is 0 Å². The maximum absolute atomic E-state index is 11.0. The van der Waals surface area contributed by atoms with E-state index >= 15 is 0 Å². The molecular weight excluding hydrogens is 196 g/mol. The first-order chi connectivity index (χ1) is 6.07. The van der Waals surface area contributed by atoms with Gasteiger partial charge in [-0.15, -0.1) is 0 Å². The van der Waals surface area contributed by atoms with Gasteiger partial charge in [0.1, 0.15) is 0 Å². The largest absolute Gasteiger partial charge is 0.546 e. The molecule has 13 heavy (non-hydrogen) atoms. The number of hydrazine groups is 2. The van der Waals surface area contributed by atoms with Crippen LogP contribution in [-0.2, 0) is 22.0 Å². The Bertz CT molecular complexity index is 286. The van der Waals surface area contributed by atoms with Crippen LogP contribution in [0.25, 0.3) is 0 Å². The van der Waals surface area contributed by atoms with E-state index in [0.29, 0.717) is 9.06 Å². The van der Waals surface area contributed by atoms with E-state index in [1.165, 1.54) is 0 Å². The second-order valence-electron chi connectivity index (χ2n) is 2.32. The molecule has 4 amide bonds. The van der Waals surface area contributed by atoms with Crippen molar-refractivity contribution in [3.8, 4) is 0 Å². The van der Waals surface area contributed by atoms with Gasteiger partial charge >= 0.3 is 6.03 Å². The highest BCUT2D eigenvalue weighted by atomic mass is 32.1. The van der Waals surface area contributed by atoms with Gasteiger partial charge in [-0.3, -0.25) is 9.59 Å². The number of nitrogens with one attached hydrogen (secondary N) is 1. The van der Waals surface area contributed by atoms with E-state index in [-0.39, 0.29) is 12.8 Å². The average Bonchev–Trinajstić information content (AvgIpc) is 2.44. The average molecular weight is 203 g/mol. The Morgan fingerprint density at radius 2 is 1.92 bits per heavy atom. The summed E-state index contributed by atoms with van der Waals surface area (Å²) < 4.78 is 0.442. The maximum atomic E-state index is 11.0. The molecular formula is C5H7N4O3S+. The summed E-state index contributed by atoms with van der Waals surface area (Å²) in [6.45, 7) is 0. The van der Waals surface area contributed by atoms with Gasteiger partial charge in [-0.1, -0.05) is 5.01 Å². The smallest absolute Gasteiger partial charge is 0.271 e. The molecule has 7 nitrogen and oxygen atoms in total. The van der Waals surface area contributed by atoms with E-state index < -0.39 is 17.8 Å². The van der Waals surface area contributed by atoms with Gasteiger partial charge in [-0.25, -0.2) is 0 Å². The lowest BCUT2D eigenvalue weighted by atomic mass is 10.4. The highest BCUT2D eigenvalue weighted by Crippen LogP contribution is 2.11. The van der Waals surface area contributed by atoms with Crippen LogP contribution in [0, 0.1) is 0 Å². The molecule has 0 radical (unpaired) electrons. The number of imide groups is 1. The van der Waals surface area contributed by atoms with E-state index in [9.17, 15) is 14.4 Å². The molecule has 0 aromatic heterocycles. The second kappa shape index (κ2) is 3.54. The van der Waals surface area contributed by atoms with Crippen LogP contribution in [0.3, 0.4) is 0 Å². The zero-order chi connectivity index (χ0) is 10.0. The number of nitrogens with zero attached hydrogens (tertiary/aromatic N) is 2. The molecule has 1 aliphatic heterocycles. The lowest BCUT2D eigenvalue weighted by Crippen LogP contribution is -2.47. The molecule has 0 saturated carbocycles. The molecule has 0 aromatic carbocycles. The monoisotopic (exact) mass is 203 g/mol. The van der Waals surface area contributed by atoms with Crippen molar-refractivity contribution in [3.05, 3.63) is 0 Å². The van der Waals surface area contributed by atoms with Crippen molar-refractivity contribution < 1.29 is 18.4 Å². The van der Waals surface area contributed by atoms with E-state index in [1.807, 2.05) is 0 Å². The van der Waals surface area contributed by atoms with Gasteiger partial charge in [-0.05, 0) is 4.05 Å². The summed E-state index contributed by atoms with van der Waals surface area (Å²) in [5.41, 5.74) is 1.72. The van der Waals surface area contributed by atoms with Crippen molar-refractivity contribution in [1.29, 1.82) is 0 Å². The highest BCUT2D eigenvalue weighted by molar-refractivity contribution is 7.44. The molecule has 0 spiro atoms. The number of rotatable bonds is 1. The lowest BCUT2D eigenvalue weighted by molar-refractivity contribution is -0.540. The van der Waals surface area contributed by atoms with Crippen molar-refractivity contribution in [2.75, 3.05) is 0 Å². The van der Waals surface area contributed by atoms with E-state index in [1.54, 1.807) is 5.43 Å². The SMILES string of the molecule is NNC(=O)[N+](=S)N1C(=O)CCC1=O. The summed E-state index contributed by atoms with van der Waals surface area (Å²) in [6.07, 6.45) is 0.146. The Balaban J connectivity index is 2.82. The number of urea groups is 1. The Morgan fingerprint density at radius 1 is 1.46 bits per heavy atom. The first-order valence-electron chi connectivity index (χ1n) is 3.41. The standard InChI is InChI=1S/C5H6N4O3S/c6-7-5(12)9(13)8-3(10)1-2-4(8)11/h1-2H2,(H2-,6,7,12,13)/p+1. The van der Waals surface area contributed by atoms with Crippen LogP contribution in [-0.4, -0.2) is 26.9 Å². The number of carbonyl (C=O) groups is 3. The molecule has 0 atom stereocenters. The Hall–Kier alpha value is -1.41. The molecule has 1 rings (SSSR count). The van der Waals surface area contributed by atoms with Crippen LogP contribution in [0.2, 0.25) is 0 Å². The van der Waals surface area contributed by atoms with Gasteiger partial charge in [0.05, 0.1) is 0 Å². The molecule has 1 saturated heterocycles. The topological polar surface area (TPSA) is 95.5 Å². The molecule has 1 fully saturated rings. The number of hydrogen-bond donors (Lipinski definition) is 2. The Morgan fingerprint density at radius 3 is 2.31 bits per heavy atom. The molecule has 1 aliphatic rings. The molecule has 0 aromatic rings. The Kier molecular flexibility index (Phi) is 2.63. The summed E-state index contributed by atoms with van der Waals surface area (Å²) in [5.74, 6) is 3.78. The predicted octanol–water partition coefficient (Wildman–Crippen LogP) is -1.62. The van der Waals surface area contributed by atoms with Gasteiger partial charge in [0, 0.05) is 12.8 Å². The zero-order valence-electron chi connectivity index (χ0n) is 6.52. The molecule has 3 N–H and O–H groups in total. The number of carbonyl (C=O) groups excluding carboxylic acids is 3. The summed E-state index contributed by atoms with van der Waals surface area (Å²) in [4.78, 5) is 32.9. The first kappa shape index (κ1) is 9.68. The minimum atomic E-state index is -0.890. The maximum Gasteiger partial charge on any atom is 0.546 e. The van der Waals surface area contributed by atoms with Crippen LogP contribution in [0.4, 0.5) is 4.79 Å². The first-order valence-corrected chi connectivity index (χ1v) is 3.78. The van der Waals surface area contributed by atoms with Crippen molar-refractivity contribution in [1.82, 2.24) is 10.4 Å². The fourth-order valence-corrected chi connectivity index (χ4v) is 1.15. The van der Waals surface area contributed by atoms with Crippen molar-refractivity contribution in [2.24, 2.45) is 5.84 Å². The Labute approximate surface area is 78.6 Å². The number of amides is 4. The minimum absolute atomic E-state index is 0.0732. The number of nitrogens with two attached hydrogens (primary N) is 1. The molecule has 70 valence electrons. The van der Waals surface area contributed by atoms with Crippen molar-refractivity contribution >= 4 is 30.3 Å². The highest BCUT2D eigenvalue weighted by Gasteiger charge is 2.39. The van der Waals surface area contributed by atoms with Gasteiger partial charge in [0.25, 0.3) is 11.8 Å². The summed E-state index contributed by atoms with van der Waals surface area (Å²) in [6, 6.07) is -0.890. The third-order valence-electron chi connectivity index (χ3n) is 1.50. The van der Waals surface area contributed by atoms with Gasteiger partial charge in [-0.2, -0.15) is 16.1 Å². The van der Waals surface area contributed by atoms with Crippen molar-refractivity contribution in [3.63, 3.8) is 0 Å². The molecule has 1 heterocycles. The quantitative estimate of drug-likeness (QED) is 0.175. The summed E-state index contributed by atoms with van der Waals surface area (Å²) >= 11 is 4.50. The van der Waals surface area contributed by atoms with E-state index in [4.69, 9.17) is 5.84 Å². The fraction of sp³-hybridized carbons (Fsp3) is 0.400. The second-order valence-corrected chi connectivity index (χ2v) is 2.67. The molecule has 0 bridgehead atoms. The van der Waals surface area contributed by atoms with Crippen LogP contribution < -0.4 is 11.3 Å². The van der Waals surface area contributed by atoms with Crippen LogP contribution in [0.1, 0.15) is 12.8 Å². The van der Waals surface area contributed by atoms with E-state index in [0.717, 1.165) is 0 Å². The predicted molar refractivity (Wildman–Crippen MR) is 41.4 cm³/mol. The van der Waals surface area contributed by atoms with E-state index in [2.05, 4.69) is 12.4 Å². The van der Waals surface area contributed by atoms with Gasteiger partial charge in [0.15, 0.2) is 12.4 Å². The zero-order valence-corrected chi connectivity index (χ0v) is 7.34. The van der Waals surface area contributed by atoms with Crippen LogP contribution in [0.5, 0.6) is 0 Å². The summed E-state index contributed by atoms with van der Waals surface area (Å²) in [5, 5.41) is 0.595. The molecule has 8 heteroatoms.